The van der Waals surface area contributed by atoms with Crippen LogP contribution >= 0.6 is 0 Å². The molecule has 1 fully saturated rings. The molecule has 0 radical (unpaired) electrons. The average molecular weight is 329 g/mol. The van der Waals surface area contributed by atoms with Crippen LogP contribution in [0.15, 0.2) is 24.3 Å². The summed E-state index contributed by atoms with van der Waals surface area (Å²) in [6.45, 7) is 4.87. The highest BCUT2D eigenvalue weighted by Crippen LogP contribution is 2.21. The van der Waals surface area contributed by atoms with E-state index in [1.807, 2.05) is 29.3 Å². The Kier molecular flexibility index (Phi) is 5.51. The number of carbonyl (C=O) groups is 1. The van der Waals surface area contributed by atoms with Crippen molar-refractivity contribution in [3.63, 3.8) is 0 Å². The highest BCUT2D eigenvalue weighted by molar-refractivity contribution is 5.78. The molecule has 1 atom stereocenters. The Morgan fingerprint density at radius 3 is 2.70 bits per heavy atom. The Labute approximate surface area is 134 Å². The van der Waals surface area contributed by atoms with Crippen molar-refractivity contribution in [3.8, 4) is 0 Å². The van der Waals surface area contributed by atoms with Gasteiger partial charge >= 0.3 is 6.18 Å². The van der Waals surface area contributed by atoms with Gasteiger partial charge in [-0.2, -0.15) is 13.2 Å². The molecule has 128 valence electrons. The van der Waals surface area contributed by atoms with Gasteiger partial charge in [-0.1, -0.05) is 12.1 Å². The lowest BCUT2D eigenvalue weighted by Crippen LogP contribution is -2.54. The second-order valence-electron chi connectivity index (χ2n) is 6.01. The maximum atomic E-state index is 12.1. The molecule has 1 heterocycles. The molecule has 23 heavy (non-hydrogen) atoms. The highest BCUT2D eigenvalue weighted by Gasteiger charge is 2.29. The third-order valence-electron chi connectivity index (χ3n) is 3.90. The topological polar surface area (TPSA) is 35.6 Å². The average Bonchev–Trinajstić information content (AvgIpc) is 2.44. The molecule has 1 aliphatic heterocycles. The molecule has 1 aromatic carbocycles. The van der Waals surface area contributed by atoms with Gasteiger partial charge < -0.3 is 10.2 Å². The second-order valence-corrected chi connectivity index (χ2v) is 6.01. The lowest BCUT2D eigenvalue weighted by molar-refractivity contribution is -0.139. The first kappa shape index (κ1) is 17.6. The van der Waals surface area contributed by atoms with Crippen molar-refractivity contribution in [1.82, 2.24) is 10.2 Å². The van der Waals surface area contributed by atoms with E-state index in [9.17, 15) is 18.0 Å². The van der Waals surface area contributed by atoms with E-state index < -0.39 is 18.6 Å². The van der Waals surface area contributed by atoms with Crippen molar-refractivity contribution in [3.05, 3.63) is 29.8 Å². The van der Waals surface area contributed by atoms with Gasteiger partial charge in [0.25, 0.3) is 0 Å². The number of hydrogen-bond acceptors (Lipinski definition) is 3. The predicted octanol–water partition coefficient (Wildman–Crippen LogP) is 2.18. The first-order chi connectivity index (χ1) is 10.7. The Hall–Kier alpha value is -1.76. The number of hydrogen-bond donors (Lipinski definition) is 1. The van der Waals surface area contributed by atoms with Crippen molar-refractivity contribution in [2.75, 3.05) is 37.6 Å². The van der Waals surface area contributed by atoms with Crippen molar-refractivity contribution in [1.29, 1.82) is 0 Å². The molecule has 0 bridgehead atoms. The molecule has 0 aliphatic carbocycles. The third kappa shape index (κ3) is 5.42. The van der Waals surface area contributed by atoms with Crippen molar-refractivity contribution < 1.29 is 18.0 Å². The molecule has 1 aromatic rings. The van der Waals surface area contributed by atoms with Crippen LogP contribution < -0.4 is 10.2 Å². The van der Waals surface area contributed by atoms with Crippen molar-refractivity contribution in [2.45, 2.75) is 26.1 Å². The number of nitrogens with zero attached hydrogens (tertiary/aromatic N) is 2. The second kappa shape index (κ2) is 7.21. The lowest BCUT2D eigenvalue weighted by atomic mass is 10.1. The summed E-state index contributed by atoms with van der Waals surface area (Å²) in [5.41, 5.74) is 2.32. The zero-order valence-electron chi connectivity index (χ0n) is 13.4. The molecule has 1 N–H and O–H groups in total. The number of piperazine rings is 1. The fourth-order valence-corrected chi connectivity index (χ4v) is 2.82. The van der Waals surface area contributed by atoms with E-state index in [1.54, 1.807) is 0 Å². The monoisotopic (exact) mass is 329 g/mol. The summed E-state index contributed by atoms with van der Waals surface area (Å²) in [4.78, 5) is 15.7. The zero-order chi connectivity index (χ0) is 17.0. The lowest BCUT2D eigenvalue weighted by Gasteiger charge is -2.41. The van der Waals surface area contributed by atoms with Gasteiger partial charge in [0.15, 0.2) is 0 Å². The Morgan fingerprint density at radius 1 is 1.35 bits per heavy atom. The number of benzene rings is 1. The van der Waals surface area contributed by atoms with E-state index in [4.69, 9.17) is 0 Å². The van der Waals surface area contributed by atoms with Gasteiger partial charge in [0, 0.05) is 31.4 Å². The van der Waals surface area contributed by atoms with Crippen LogP contribution in [0.4, 0.5) is 18.9 Å². The van der Waals surface area contributed by atoms with Crippen LogP contribution in [0.5, 0.6) is 0 Å². The number of carbonyl (C=O) groups excluding carboxylic acids is 1. The Morgan fingerprint density at radius 2 is 2.09 bits per heavy atom. The highest BCUT2D eigenvalue weighted by atomic mass is 19.4. The zero-order valence-corrected chi connectivity index (χ0v) is 13.4. The molecule has 1 saturated heterocycles. The van der Waals surface area contributed by atoms with E-state index in [0.29, 0.717) is 13.1 Å². The SMILES string of the molecule is Cc1cccc(N2CCN(CC(=O)NCC(F)(F)F)C[C@H]2C)c1. The van der Waals surface area contributed by atoms with Gasteiger partial charge in [0.2, 0.25) is 5.91 Å². The fraction of sp³-hybridized carbons (Fsp3) is 0.562. The summed E-state index contributed by atoms with van der Waals surface area (Å²) in [7, 11) is 0. The quantitative estimate of drug-likeness (QED) is 0.920. The Balaban J connectivity index is 1.85. The van der Waals surface area contributed by atoms with Crippen molar-refractivity contribution in [2.24, 2.45) is 0 Å². The van der Waals surface area contributed by atoms with Gasteiger partial charge in [0.05, 0.1) is 6.54 Å². The molecule has 0 aromatic heterocycles. The number of alkyl halides is 3. The standard InChI is InChI=1S/C16H22F3N3O/c1-12-4-3-5-14(8-12)22-7-6-21(9-13(22)2)10-15(23)20-11-16(17,18)19/h3-5,8,13H,6-7,9-11H2,1-2H3,(H,20,23)/t13-/m1/s1. The minimum atomic E-state index is -4.37. The predicted molar refractivity (Wildman–Crippen MR) is 83.5 cm³/mol. The van der Waals surface area contributed by atoms with Crippen LogP contribution in [0.3, 0.4) is 0 Å². The minimum absolute atomic E-state index is 0.00206. The summed E-state index contributed by atoms with van der Waals surface area (Å²) < 4.78 is 36.3. The van der Waals surface area contributed by atoms with Gasteiger partial charge in [0.1, 0.15) is 6.54 Å². The number of rotatable bonds is 4. The summed E-state index contributed by atoms with van der Waals surface area (Å²) in [6, 6.07) is 8.40. The fourth-order valence-electron chi connectivity index (χ4n) is 2.82. The smallest absolute Gasteiger partial charge is 0.366 e. The normalized spacial score (nSPS) is 19.7. The molecule has 4 nitrogen and oxygen atoms in total. The summed E-state index contributed by atoms with van der Waals surface area (Å²) in [6.07, 6.45) is -4.37. The van der Waals surface area contributed by atoms with E-state index in [2.05, 4.69) is 24.0 Å². The Bertz CT molecular complexity index is 548. The van der Waals surface area contributed by atoms with E-state index in [0.717, 1.165) is 12.2 Å². The number of amides is 1. The van der Waals surface area contributed by atoms with Crippen LogP contribution in [0.2, 0.25) is 0 Å². The van der Waals surface area contributed by atoms with E-state index >= 15 is 0 Å². The molecule has 0 unspecified atom stereocenters. The number of nitrogens with one attached hydrogen (secondary N) is 1. The maximum Gasteiger partial charge on any atom is 0.405 e. The van der Waals surface area contributed by atoms with Crippen LogP contribution in [-0.4, -0.2) is 55.7 Å². The van der Waals surface area contributed by atoms with Crippen LogP contribution in [0.1, 0.15) is 12.5 Å². The number of anilines is 1. The molecular formula is C16H22F3N3O. The third-order valence-corrected chi connectivity index (χ3v) is 3.90. The van der Waals surface area contributed by atoms with Crippen LogP contribution in [0.25, 0.3) is 0 Å². The summed E-state index contributed by atoms with van der Waals surface area (Å²) >= 11 is 0. The minimum Gasteiger partial charge on any atom is -0.366 e. The van der Waals surface area contributed by atoms with E-state index in [-0.39, 0.29) is 12.6 Å². The van der Waals surface area contributed by atoms with Crippen LogP contribution in [0, 0.1) is 6.92 Å². The summed E-state index contributed by atoms with van der Waals surface area (Å²) in [5.74, 6) is -0.585. The van der Waals surface area contributed by atoms with Crippen molar-refractivity contribution >= 4 is 11.6 Å². The largest absolute Gasteiger partial charge is 0.405 e. The molecule has 0 saturated carbocycles. The van der Waals surface area contributed by atoms with Gasteiger partial charge in [-0.25, -0.2) is 0 Å². The molecule has 2 rings (SSSR count). The first-order valence-electron chi connectivity index (χ1n) is 7.64. The molecular weight excluding hydrogens is 307 g/mol. The summed E-state index contributed by atoms with van der Waals surface area (Å²) in [5, 5.41) is 1.92. The molecule has 1 aliphatic rings. The van der Waals surface area contributed by atoms with E-state index in [1.165, 1.54) is 5.56 Å². The maximum absolute atomic E-state index is 12.1. The number of aryl methyl sites for hydroxylation is 1. The van der Waals surface area contributed by atoms with Gasteiger partial charge in [-0.15, -0.1) is 0 Å². The van der Waals surface area contributed by atoms with Crippen LogP contribution in [-0.2, 0) is 4.79 Å². The van der Waals surface area contributed by atoms with Gasteiger partial charge in [-0.3, -0.25) is 9.69 Å². The molecule has 1 amide bonds. The first-order valence-corrected chi connectivity index (χ1v) is 7.64. The number of halogens is 3. The van der Waals surface area contributed by atoms with Gasteiger partial charge in [-0.05, 0) is 31.5 Å². The molecule has 7 heteroatoms. The molecule has 0 spiro atoms.